The predicted molar refractivity (Wildman–Crippen MR) is 76.2 cm³/mol. The summed E-state index contributed by atoms with van der Waals surface area (Å²) < 4.78 is 0. The Morgan fingerprint density at radius 2 is 1.95 bits per heavy atom. The molecule has 0 radical (unpaired) electrons. The van der Waals surface area contributed by atoms with Crippen molar-refractivity contribution in [2.24, 2.45) is 0 Å². The van der Waals surface area contributed by atoms with E-state index in [9.17, 15) is 9.59 Å². The molecule has 0 saturated carbocycles. The first-order chi connectivity index (χ1) is 9.15. The van der Waals surface area contributed by atoms with Crippen molar-refractivity contribution in [3.63, 3.8) is 0 Å². The molecule has 0 N–H and O–H groups in total. The van der Waals surface area contributed by atoms with Gasteiger partial charge in [0, 0.05) is 17.4 Å². The van der Waals surface area contributed by atoms with E-state index in [1.54, 1.807) is 0 Å². The van der Waals surface area contributed by atoms with E-state index in [0.717, 1.165) is 12.0 Å². The summed E-state index contributed by atoms with van der Waals surface area (Å²) in [4.78, 5) is 24.5. The molecule has 19 heavy (non-hydrogen) atoms. The molecule has 1 atom stereocenters. The minimum absolute atomic E-state index is 0.101. The number of benzene rings is 1. The predicted octanol–water partition coefficient (Wildman–Crippen LogP) is 4.00. The molecule has 0 saturated heterocycles. The average molecular weight is 277 g/mol. The average Bonchev–Trinajstić information content (AvgIpc) is 2.40. The highest BCUT2D eigenvalue weighted by Crippen LogP contribution is 2.31. The Bertz CT molecular complexity index is 517. The zero-order valence-corrected chi connectivity index (χ0v) is 11.7. The maximum absolute atomic E-state index is 12.6. The van der Waals surface area contributed by atoms with Crippen molar-refractivity contribution in [3.05, 3.63) is 46.5 Å². The summed E-state index contributed by atoms with van der Waals surface area (Å²) >= 11 is 6.10. The van der Waals surface area contributed by atoms with Gasteiger partial charge in [0.2, 0.25) is 0 Å². The van der Waals surface area contributed by atoms with E-state index in [4.69, 9.17) is 11.6 Å². The van der Waals surface area contributed by atoms with Crippen molar-refractivity contribution < 1.29 is 9.59 Å². The number of allylic oxidation sites excluding steroid dienone is 2. The molecule has 0 aromatic heterocycles. The lowest BCUT2D eigenvalue weighted by Gasteiger charge is -2.19. The van der Waals surface area contributed by atoms with Gasteiger partial charge in [-0.3, -0.25) is 9.59 Å². The van der Waals surface area contributed by atoms with E-state index in [2.05, 4.69) is 0 Å². The zero-order chi connectivity index (χ0) is 13.8. The first-order valence-corrected chi connectivity index (χ1v) is 7.04. The van der Waals surface area contributed by atoms with Gasteiger partial charge in [-0.25, -0.2) is 0 Å². The van der Waals surface area contributed by atoms with Crippen LogP contribution in [-0.2, 0) is 9.59 Å². The van der Waals surface area contributed by atoms with Crippen LogP contribution in [0, 0.1) is 0 Å². The summed E-state index contributed by atoms with van der Waals surface area (Å²) in [6.07, 6.45) is 2.49. The lowest BCUT2D eigenvalue weighted by molar-refractivity contribution is -0.122. The van der Waals surface area contributed by atoms with E-state index in [1.807, 2.05) is 37.3 Å². The fourth-order valence-corrected chi connectivity index (χ4v) is 2.84. The first kappa shape index (κ1) is 14.0. The molecule has 0 heterocycles. The largest absolute Gasteiger partial charge is 0.294 e. The Morgan fingerprint density at radius 3 is 2.53 bits per heavy atom. The van der Waals surface area contributed by atoms with Gasteiger partial charge in [-0.1, -0.05) is 48.9 Å². The second kappa shape index (κ2) is 6.16. The zero-order valence-electron chi connectivity index (χ0n) is 11.0. The molecule has 0 amide bonds. The van der Waals surface area contributed by atoms with Crippen LogP contribution in [0.5, 0.6) is 0 Å². The molecule has 1 aromatic carbocycles. The van der Waals surface area contributed by atoms with Crippen LogP contribution in [0.2, 0.25) is 0 Å². The minimum atomic E-state index is -0.271. The van der Waals surface area contributed by atoms with E-state index in [1.165, 1.54) is 0 Å². The molecular weight excluding hydrogens is 260 g/mol. The Labute approximate surface area is 118 Å². The van der Waals surface area contributed by atoms with Crippen molar-refractivity contribution in [2.45, 2.75) is 38.5 Å². The molecule has 0 fully saturated rings. The summed E-state index contributed by atoms with van der Waals surface area (Å²) in [5.74, 6) is -0.494. The molecule has 1 aromatic rings. The van der Waals surface area contributed by atoms with Crippen molar-refractivity contribution >= 4 is 23.2 Å². The van der Waals surface area contributed by atoms with Crippen molar-refractivity contribution in [3.8, 4) is 0 Å². The first-order valence-electron chi connectivity index (χ1n) is 6.66. The second-order valence-electron chi connectivity index (χ2n) is 4.79. The fraction of sp³-hybridized carbons (Fsp3) is 0.375. The van der Waals surface area contributed by atoms with Crippen LogP contribution in [0.15, 0.2) is 40.9 Å². The monoisotopic (exact) mass is 276 g/mol. The smallest absolute Gasteiger partial charge is 0.175 e. The van der Waals surface area contributed by atoms with Gasteiger partial charge in [0.25, 0.3) is 0 Å². The van der Waals surface area contributed by atoms with Gasteiger partial charge >= 0.3 is 0 Å². The van der Waals surface area contributed by atoms with Crippen molar-refractivity contribution in [2.75, 3.05) is 0 Å². The Morgan fingerprint density at radius 1 is 1.26 bits per heavy atom. The maximum Gasteiger partial charge on any atom is 0.175 e. The molecule has 100 valence electrons. The standard InChI is InChI=1S/C16H17ClO2/c1-2-12(11-7-4-3-5-8-11)16(19)15-13(17)9-6-10-14(15)18/h3-5,7-8,12H,2,6,9-10H2,1H3. The van der Waals surface area contributed by atoms with E-state index in [-0.39, 0.29) is 23.1 Å². The number of ketones is 2. The Kier molecular flexibility index (Phi) is 4.54. The molecule has 3 heteroatoms. The Hall–Kier alpha value is -1.41. The number of rotatable bonds is 4. The van der Waals surface area contributed by atoms with Gasteiger partial charge in [-0.15, -0.1) is 0 Å². The van der Waals surface area contributed by atoms with Crippen LogP contribution >= 0.6 is 11.6 Å². The molecule has 0 spiro atoms. The summed E-state index contributed by atoms with van der Waals surface area (Å²) in [6.45, 7) is 1.96. The highest BCUT2D eigenvalue weighted by molar-refractivity contribution is 6.37. The second-order valence-corrected chi connectivity index (χ2v) is 5.25. The highest BCUT2D eigenvalue weighted by Gasteiger charge is 2.30. The van der Waals surface area contributed by atoms with Crippen LogP contribution in [-0.4, -0.2) is 11.6 Å². The van der Waals surface area contributed by atoms with Crippen LogP contribution in [0.1, 0.15) is 44.1 Å². The van der Waals surface area contributed by atoms with E-state index >= 15 is 0 Å². The van der Waals surface area contributed by atoms with Crippen molar-refractivity contribution in [1.82, 2.24) is 0 Å². The van der Waals surface area contributed by atoms with Gasteiger partial charge in [-0.2, -0.15) is 0 Å². The lowest BCUT2D eigenvalue weighted by Crippen LogP contribution is -2.23. The van der Waals surface area contributed by atoms with Crippen LogP contribution in [0.4, 0.5) is 0 Å². The number of hydrogen-bond acceptors (Lipinski definition) is 2. The van der Waals surface area contributed by atoms with Gasteiger partial charge in [-0.05, 0) is 24.8 Å². The number of Topliss-reactive ketones (excluding diaryl/α,β-unsaturated/α-hetero) is 2. The van der Waals surface area contributed by atoms with Gasteiger partial charge in [0.15, 0.2) is 11.6 Å². The molecule has 1 unspecified atom stereocenters. The molecule has 2 nitrogen and oxygen atoms in total. The summed E-state index contributed by atoms with van der Waals surface area (Å²) in [7, 11) is 0. The third kappa shape index (κ3) is 2.95. The molecule has 1 aliphatic carbocycles. The van der Waals surface area contributed by atoms with Crippen molar-refractivity contribution in [1.29, 1.82) is 0 Å². The number of hydrogen-bond donors (Lipinski definition) is 0. The normalized spacial score (nSPS) is 17.5. The molecule has 0 aliphatic heterocycles. The number of carbonyl (C=O) groups is 2. The van der Waals surface area contributed by atoms with Crippen LogP contribution in [0.25, 0.3) is 0 Å². The lowest BCUT2D eigenvalue weighted by atomic mass is 9.84. The summed E-state index contributed by atoms with van der Waals surface area (Å²) in [6, 6.07) is 9.58. The SMILES string of the molecule is CCC(C(=O)C1=C(Cl)CCCC1=O)c1ccccc1. The van der Waals surface area contributed by atoms with E-state index in [0.29, 0.717) is 24.3 Å². The number of carbonyl (C=O) groups excluding carboxylic acids is 2. The highest BCUT2D eigenvalue weighted by atomic mass is 35.5. The number of halogens is 1. The van der Waals surface area contributed by atoms with Gasteiger partial charge in [0.05, 0.1) is 5.57 Å². The summed E-state index contributed by atoms with van der Waals surface area (Å²) in [5.41, 5.74) is 1.19. The third-order valence-electron chi connectivity index (χ3n) is 3.52. The third-order valence-corrected chi connectivity index (χ3v) is 3.90. The van der Waals surface area contributed by atoms with Crippen LogP contribution in [0.3, 0.4) is 0 Å². The van der Waals surface area contributed by atoms with E-state index < -0.39 is 0 Å². The fourth-order valence-electron chi connectivity index (χ4n) is 2.51. The maximum atomic E-state index is 12.6. The van der Waals surface area contributed by atoms with Gasteiger partial charge < -0.3 is 0 Å². The Balaban J connectivity index is 2.34. The minimum Gasteiger partial charge on any atom is -0.294 e. The molecule has 1 aliphatic rings. The molecular formula is C16H17ClO2. The summed E-state index contributed by atoms with van der Waals surface area (Å²) in [5, 5.41) is 0.440. The molecule has 0 bridgehead atoms. The van der Waals surface area contributed by atoms with Gasteiger partial charge in [0.1, 0.15) is 0 Å². The topological polar surface area (TPSA) is 34.1 Å². The molecule has 2 rings (SSSR count). The quantitative estimate of drug-likeness (QED) is 0.779. The van der Waals surface area contributed by atoms with Crippen LogP contribution < -0.4 is 0 Å².